The summed E-state index contributed by atoms with van der Waals surface area (Å²) in [6.45, 7) is 4.84. The SMILES string of the molecule is Cc1cccc(N2CCOCC3(C2)CN(c2cccnc2)C(=O)CO3)n1. The molecule has 136 valence electrons. The van der Waals surface area contributed by atoms with E-state index in [1.165, 1.54) is 0 Å². The molecule has 0 bridgehead atoms. The summed E-state index contributed by atoms with van der Waals surface area (Å²) in [6.07, 6.45) is 3.40. The van der Waals surface area contributed by atoms with Crippen molar-refractivity contribution in [2.45, 2.75) is 12.5 Å². The van der Waals surface area contributed by atoms with Crippen molar-refractivity contribution in [1.82, 2.24) is 9.97 Å². The molecule has 1 unspecified atom stereocenters. The van der Waals surface area contributed by atoms with E-state index in [1.807, 2.05) is 37.3 Å². The summed E-state index contributed by atoms with van der Waals surface area (Å²) in [5.41, 5.74) is 1.16. The Morgan fingerprint density at radius 3 is 2.92 bits per heavy atom. The lowest BCUT2D eigenvalue weighted by Gasteiger charge is -2.43. The van der Waals surface area contributed by atoms with Crippen molar-refractivity contribution < 1.29 is 14.3 Å². The van der Waals surface area contributed by atoms with E-state index in [0.29, 0.717) is 26.3 Å². The van der Waals surface area contributed by atoms with Gasteiger partial charge < -0.3 is 19.3 Å². The Hall–Kier alpha value is -2.51. The van der Waals surface area contributed by atoms with Crippen LogP contribution in [0.5, 0.6) is 0 Å². The van der Waals surface area contributed by atoms with Gasteiger partial charge in [-0.3, -0.25) is 9.78 Å². The van der Waals surface area contributed by atoms with Crippen LogP contribution in [-0.4, -0.2) is 60.9 Å². The topological polar surface area (TPSA) is 67.8 Å². The van der Waals surface area contributed by atoms with E-state index in [-0.39, 0.29) is 12.5 Å². The Morgan fingerprint density at radius 1 is 1.19 bits per heavy atom. The maximum Gasteiger partial charge on any atom is 0.253 e. The molecule has 0 N–H and O–H groups in total. The summed E-state index contributed by atoms with van der Waals surface area (Å²) >= 11 is 0. The van der Waals surface area contributed by atoms with E-state index < -0.39 is 5.60 Å². The highest BCUT2D eigenvalue weighted by molar-refractivity contribution is 5.95. The molecule has 2 aromatic heterocycles. The van der Waals surface area contributed by atoms with Crippen LogP contribution in [0.1, 0.15) is 5.69 Å². The van der Waals surface area contributed by atoms with E-state index in [1.54, 1.807) is 17.3 Å². The number of pyridine rings is 2. The second-order valence-electron chi connectivity index (χ2n) is 6.77. The normalized spacial score (nSPS) is 24.0. The number of morpholine rings is 1. The van der Waals surface area contributed by atoms with E-state index in [2.05, 4.69) is 14.9 Å². The van der Waals surface area contributed by atoms with Gasteiger partial charge in [-0.2, -0.15) is 0 Å². The Kier molecular flexibility index (Phi) is 4.57. The minimum atomic E-state index is -0.592. The average molecular weight is 354 g/mol. The predicted molar refractivity (Wildman–Crippen MR) is 97.3 cm³/mol. The summed E-state index contributed by atoms with van der Waals surface area (Å²) in [5.74, 6) is 0.844. The highest BCUT2D eigenvalue weighted by Crippen LogP contribution is 2.28. The van der Waals surface area contributed by atoms with Crippen molar-refractivity contribution in [2.24, 2.45) is 0 Å². The Bertz CT molecular complexity index is 785. The monoisotopic (exact) mass is 354 g/mol. The van der Waals surface area contributed by atoms with Crippen LogP contribution in [0.3, 0.4) is 0 Å². The lowest BCUT2D eigenvalue weighted by molar-refractivity contribution is -0.143. The Labute approximate surface area is 152 Å². The molecule has 0 aliphatic carbocycles. The first-order chi connectivity index (χ1) is 12.7. The smallest absolute Gasteiger partial charge is 0.253 e. The van der Waals surface area contributed by atoms with Crippen molar-refractivity contribution >= 4 is 17.4 Å². The van der Waals surface area contributed by atoms with Gasteiger partial charge in [0.2, 0.25) is 0 Å². The summed E-state index contributed by atoms with van der Waals surface area (Å²) < 4.78 is 11.9. The number of aromatic nitrogens is 2. The number of carbonyl (C=O) groups is 1. The zero-order valence-corrected chi connectivity index (χ0v) is 14.8. The molecule has 1 atom stereocenters. The molecule has 7 nitrogen and oxygen atoms in total. The molecule has 2 aromatic rings. The number of aryl methyl sites for hydroxylation is 1. The number of ether oxygens (including phenoxy) is 2. The molecule has 26 heavy (non-hydrogen) atoms. The number of amides is 1. The molecule has 4 rings (SSSR count). The number of hydrogen-bond acceptors (Lipinski definition) is 6. The zero-order valence-electron chi connectivity index (χ0n) is 14.8. The van der Waals surface area contributed by atoms with E-state index in [9.17, 15) is 4.79 Å². The van der Waals surface area contributed by atoms with Crippen LogP contribution in [0.2, 0.25) is 0 Å². The second-order valence-corrected chi connectivity index (χ2v) is 6.77. The van der Waals surface area contributed by atoms with Crippen LogP contribution in [-0.2, 0) is 14.3 Å². The first kappa shape index (κ1) is 16.9. The van der Waals surface area contributed by atoms with Crippen LogP contribution in [0.4, 0.5) is 11.5 Å². The third-order valence-electron chi connectivity index (χ3n) is 4.75. The van der Waals surface area contributed by atoms with Gasteiger partial charge in [0.15, 0.2) is 0 Å². The van der Waals surface area contributed by atoms with Crippen LogP contribution < -0.4 is 9.80 Å². The molecule has 2 saturated heterocycles. The molecule has 1 amide bonds. The first-order valence-electron chi connectivity index (χ1n) is 8.76. The fourth-order valence-corrected chi connectivity index (χ4v) is 3.45. The Balaban J connectivity index is 1.60. The van der Waals surface area contributed by atoms with Crippen molar-refractivity contribution in [2.75, 3.05) is 49.3 Å². The van der Waals surface area contributed by atoms with Crippen molar-refractivity contribution in [3.8, 4) is 0 Å². The Morgan fingerprint density at radius 2 is 2.12 bits per heavy atom. The molecule has 0 saturated carbocycles. The standard InChI is InChI=1S/C19H22N4O3/c1-15-4-2-6-17(21-15)22-8-9-25-14-19(12-22)13-23(18(24)11-26-19)16-5-3-7-20-10-16/h2-7,10H,8-9,11-14H2,1H3. The van der Waals surface area contributed by atoms with E-state index in [0.717, 1.165) is 23.7 Å². The number of rotatable bonds is 2. The minimum absolute atomic E-state index is 0.0351. The summed E-state index contributed by atoms with van der Waals surface area (Å²) in [4.78, 5) is 25.1. The molecule has 0 aromatic carbocycles. The van der Waals surface area contributed by atoms with Gasteiger partial charge in [0.1, 0.15) is 18.0 Å². The van der Waals surface area contributed by atoms with Gasteiger partial charge >= 0.3 is 0 Å². The van der Waals surface area contributed by atoms with Crippen molar-refractivity contribution in [3.63, 3.8) is 0 Å². The van der Waals surface area contributed by atoms with Crippen molar-refractivity contribution in [1.29, 1.82) is 0 Å². The number of carbonyl (C=O) groups excluding carboxylic acids is 1. The molecule has 4 heterocycles. The van der Waals surface area contributed by atoms with Gasteiger partial charge in [0.05, 0.1) is 38.2 Å². The van der Waals surface area contributed by atoms with Gasteiger partial charge in [0.25, 0.3) is 5.91 Å². The highest BCUT2D eigenvalue weighted by Gasteiger charge is 2.43. The number of hydrogen-bond donors (Lipinski definition) is 0. The lowest BCUT2D eigenvalue weighted by Crippen LogP contribution is -2.61. The maximum absolute atomic E-state index is 12.4. The molecule has 7 heteroatoms. The summed E-state index contributed by atoms with van der Waals surface area (Å²) in [5, 5.41) is 0. The minimum Gasteiger partial charge on any atom is -0.376 e. The predicted octanol–water partition coefficient (Wildman–Crippen LogP) is 1.42. The van der Waals surface area contributed by atoms with Crippen LogP contribution in [0, 0.1) is 6.92 Å². The van der Waals surface area contributed by atoms with Crippen LogP contribution >= 0.6 is 0 Å². The van der Waals surface area contributed by atoms with Gasteiger partial charge in [-0.15, -0.1) is 0 Å². The van der Waals surface area contributed by atoms with Crippen LogP contribution in [0.25, 0.3) is 0 Å². The quantitative estimate of drug-likeness (QED) is 0.813. The second kappa shape index (κ2) is 7.01. The van der Waals surface area contributed by atoms with Gasteiger partial charge in [-0.05, 0) is 31.2 Å². The van der Waals surface area contributed by atoms with Crippen molar-refractivity contribution in [3.05, 3.63) is 48.4 Å². The molecule has 0 radical (unpaired) electrons. The van der Waals surface area contributed by atoms with E-state index >= 15 is 0 Å². The highest BCUT2D eigenvalue weighted by atomic mass is 16.6. The molecule has 2 aliphatic rings. The zero-order chi connectivity index (χ0) is 18.0. The van der Waals surface area contributed by atoms with E-state index in [4.69, 9.17) is 9.47 Å². The lowest BCUT2D eigenvalue weighted by atomic mass is 10.0. The average Bonchev–Trinajstić information content (AvgIpc) is 2.88. The molecule has 2 fully saturated rings. The first-order valence-corrected chi connectivity index (χ1v) is 8.76. The third-order valence-corrected chi connectivity index (χ3v) is 4.75. The van der Waals surface area contributed by atoms with Gasteiger partial charge in [0, 0.05) is 18.4 Å². The number of nitrogens with zero attached hydrogens (tertiary/aromatic N) is 4. The van der Waals surface area contributed by atoms with Gasteiger partial charge in [-0.1, -0.05) is 6.07 Å². The third kappa shape index (κ3) is 3.40. The molecular formula is C19H22N4O3. The largest absolute Gasteiger partial charge is 0.376 e. The molecular weight excluding hydrogens is 332 g/mol. The fourth-order valence-electron chi connectivity index (χ4n) is 3.45. The number of anilines is 2. The van der Waals surface area contributed by atoms with Crippen LogP contribution in [0.15, 0.2) is 42.7 Å². The summed E-state index contributed by atoms with van der Waals surface area (Å²) in [6, 6.07) is 9.70. The maximum atomic E-state index is 12.4. The molecule has 2 aliphatic heterocycles. The fraction of sp³-hybridized carbons (Fsp3) is 0.421. The van der Waals surface area contributed by atoms with Gasteiger partial charge in [-0.25, -0.2) is 4.98 Å². The molecule has 1 spiro atoms. The summed E-state index contributed by atoms with van der Waals surface area (Å²) in [7, 11) is 0.